The number of fused-ring (bicyclic) bond motifs is 2. The number of nitrogens with zero attached hydrogens (tertiary/aromatic N) is 1. The molecule has 0 saturated heterocycles. The number of hydrogen-bond acceptors (Lipinski definition) is 4. The monoisotopic (exact) mass is 357 g/mol. The molecule has 0 fully saturated rings. The zero-order valence-electron chi connectivity index (χ0n) is 15.6. The minimum atomic E-state index is 0.197. The van der Waals surface area contributed by atoms with E-state index in [-0.39, 0.29) is 5.75 Å². The van der Waals surface area contributed by atoms with E-state index in [9.17, 15) is 5.11 Å². The molecule has 0 spiro atoms. The van der Waals surface area contributed by atoms with Crippen LogP contribution >= 0.6 is 0 Å². The molecule has 0 aromatic heterocycles. The van der Waals surface area contributed by atoms with Gasteiger partial charge in [0.2, 0.25) is 0 Å². The highest BCUT2D eigenvalue weighted by Crippen LogP contribution is 2.34. The fourth-order valence-electron chi connectivity index (χ4n) is 3.71. The van der Waals surface area contributed by atoms with Gasteiger partial charge in [-0.3, -0.25) is 0 Å². The Bertz CT molecular complexity index is 1160. The predicted molar refractivity (Wildman–Crippen MR) is 113 cm³/mol. The van der Waals surface area contributed by atoms with Crippen molar-refractivity contribution in [1.29, 1.82) is 0 Å². The Hall–Kier alpha value is -3.40. The van der Waals surface area contributed by atoms with Crippen molar-refractivity contribution in [2.75, 3.05) is 30.5 Å². The standard InChI is InChI=1S/C23H23N3O/c1-13-8-15-9-16-10-20(24)21(25)11-18(16)23(19(15)12-22(13)27)14-4-6-17(7-5-14)26(2)3/h4-8,10-12,27H,1,9,24-25H2,2-3H3. The Balaban J connectivity index is 2.07. The third kappa shape index (κ3) is 2.79. The summed E-state index contributed by atoms with van der Waals surface area (Å²) in [4.78, 5) is 2.07. The zero-order valence-corrected chi connectivity index (χ0v) is 15.6. The summed E-state index contributed by atoms with van der Waals surface area (Å²) >= 11 is 0. The Labute approximate surface area is 158 Å². The summed E-state index contributed by atoms with van der Waals surface area (Å²) in [6.45, 7) is 3.94. The van der Waals surface area contributed by atoms with Crippen LogP contribution in [0.5, 0.6) is 5.75 Å². The number of phenolic OH excluding ortho intramolecular Hbond substituents is 1. The van der Waals surface area contributed by atoms with Crippen LogP contribution in [0.3, 0.4) is 0 Å². The first-order valence-corrected chi connectivity index (χ1v) is 8.86. The predicted octanol–water partition coefficient (Wildman–Crippen LogP) is 2.18. The maximum absolute atomic E-state index is 10.3. The van der Waals surface area contributed by atoms with E-state index in [1.165, 1.54) is 0 Å². The molecule has 4 heteroatoms. The van der Waals surface area contributed by atoms with Gasteiger partial charge in [-0.1, -0.05) is 18.7 Å². The molecule has 0 radical (unpaired) electrons. The Kier molecular flexibility index (Phi) is 3.84. The van der Waals surface area contributed by atoms with Crippen LogP contribution in [-0.2, 0) is 6.42 Å². The minimum absolute atomic E-state index is 0.197. The summed E-state index contributed by atoms with van der Waals surface area (Å²) in [6.07, 6.45) is 0.733. The smallest absolute Gasteiger partial charge is 0.122 e. The third-order valence-electron chi connectivity index (χ3n) is 5.21. The summed E-state index contributed by atoms with van der Waals surface area (Å²) < 4.78 is 0. The van der Waals surface area contributed by atoms with Crippen molar-refractivity contribution in [2.45, 2.75) is 6.42 Å². The van der Waals surface area contributed by atoms with Crippen molar-refractivity contribution in [3.05, 3.63) is 81.2 Å². The zero-order chi connectivity index (χ0) is 19.3. The van der Waals surface area contributed by atoms with E-state index in [0.717, 1.165) is 45.2 Å². The largest absolute Gasteiger partial charge is 0.507 e. The number of benzene rings is 3. The maximum Gasteiger partial charge on any atom is 0.122 e. The number of phenols is 1. The lowest BCUT2D eigenvalue weighted by atomic mass is 9.82. The number of rotatable bonds is 2. The number of hydrogen-bond donors (Lipinski definition) is 3. The maximum atomic E-state index is 10.3. The van der Waals surface area contributed by atoms with Crippen molar-refractivity contribution in [2.24, 2.45) is 0 Å². The van der Waals surface area contributed by atoms with Gasteiger partial charge in [-0.25, -0.2) is 0 Å². The second kappa shape index (κ2) is 6.09. The molecule has 0 bridgehead atoms. The molecule has 3 aromatic carbocycles. The fourth-order valence-corrected chi connectivity index (χ4v) is 3.71. The molecular weight excluding hydrogens is 334 g/mol. The van der Waals surface area contributed by atoms with E-state index < -0.39 is 0 Å². The van der Waals surface area contributed by atoms with E-state index in [4.69, 9.17) is 11.5 Å². The minimum Gasteiger partial charge on any atom is -0.507 e. The van der Waals surface area contributed by atoms with Gasteiger partial charge in [0.15, 0.2) is 0 Å². The fraction of sp³-hybridized carbons (Fsp3) is 0.130. The van der Waals surface area contributed by atoms with Crippen LogP contribution < -0.4 is 26.8 Å². The molecule has 4 rings (SSSR count). The first-order chi connectivity index (χ1) is 12.8. The van der Waals surface area contributed by atoms with E-state index in [1.54, 1.807) is 0 Å². The van der Waals surface area contributed by atoms with Crippen molar-refractivity contribution < 1.29 is 5.11 Å². The molecule has 136 valence electrons. The van der Waals surface area contributed by atoms with Gasteiger partial charge in [0.1, 0.15) is 5.75 Å². The average molecular weight is 357 g/mol. The van der Waals surface area contributed by atoms with Crippen LogP contribution in [-0.4, -0.2) is 19.2 Å². The molecule has 3 aromatic rings. The summed E-state index contributed by atoms with van der Waals surface area (Å²) in [5.74, 6) is 0.197. The molecule has 0 aliphatic heterocycles. The highest BCUT2D eigenvalue weighted by molar-refractivity contribution is 5.87. The second-order valence-electron chi connectivity index (χ2n) is 7.27. The second-order valence-corrected chi connectivity index (χ2v) is 7.27. The van der Waals surface area contributed by atoms with Gasteiger partial charge in [-0.05, 0) is 75.9 Å². The highest BCUT2D eigenvalue weighted by Gasteiger charge is 2.20. The summed E-state index contributed by atoms with van der Waals surface area (Å²) in [5, 5.41) is 11.9. The molecule has 0 amide bonds. The first kappa shape index (κ1) is 17.0. The summed E-state index contributed by atoms with van der Waals surface area (Å²) in [5.41, 5.74) is 19.9. The van der Waals surface area contributed by atoms with Crippen molar-refractivity contribution in [3.8, 4) is 5.75 Å². The van der Waals surface area contributed by atoms with E-state index in [1.807, 2.05) is 38.4 Å². The average Bonchev–Trinajstić information content (AvgIpc) is 2.63. The molecule has 0 saturated carbocycles. The van der Waals surface area contributed by atoms with Gasteiger partial charge in [0.05, 0.1) is 11.4 Å². The van der Waals surface area contributed by atoms with Crippen molar-refractivity contribution >= 4 is 29.2 Å². The first-order valence-electron chi connectivity index (χ1n) is 8.86. The quantitative estimate of drug-likeness (QED) is 0.481. The lowest BCUT2D eigenvalue weighted by Crippen LogP contribution is -2.24. The van der Waals surface area contributed by atoms with Crippen LogP contribution in [0, 0.1) is 0 Å². The van der Waals surface area contributed by atoms with Gasteiger partial charge in [-0.15, -0.1) is 0 Å². The SMILES string of the molecule is C=c1cc2c(cc1O)=C(c1ccc(N(C)C)cc1)c1cc(N)c(N)cc1C2. The van der Waals surface area contributed by atoms with Crippen LogP contribution in [0.25, 0.3) is 12.2 Å². The van der Waals surface area contributed by atoms with Gasteiger partial charge < -0.3 is 21.5 Å². The van der Waals surface area contributed by atoms with Crippen LogP contribution in [0.1, 0.15) is 22.3 Å². The molecule has 0 unspecified atom stereocenters. The lowest BCUT2D eigenvalue weighted by molar-refractivity contribution is 0.470. The Morgan fingerprint density at radius 1 is 0.926 bits per heavy atom. The number of nitrogen functional groups attached to an aromatic ring is 2. The molecule has 1 aliphatic rings. The molecule has 5 N–H and O–H groups in total. The molecular formula is C23H23N3O. The molecule has 0 atom stereocenters. The van der Waals surface area contributed by atoms with E-state index in [0.29, 0.717) is 16.6 Å². The molecule has 27 heavy (non-hydrogen) atoms. The van der Waals surface area contributed by atoms with Gasteiger partial charge in [0.25, 0.3) is 0 Å². The van der Waals surface area contributed by atoms with Gasteiger partial charge in [-0.2, -0.15) is 0 Å². The molecule has 1 aliphatic carbocycles. The van der Waals surface area contributed by atoms with Crippen molar-refractivity contribution in [1.82, 2.24) is 0 Å². The summed E-state index contributed by atoms with van der Waals surface area (Å²) in [7, 11) is 4.04. The lowest BCUT2D eigenvalue weighted by Gasteiger charge is -2.23. The number of anilines is 3. The van der Waals surface area contributed by atoms with Crippen LogP contribution in [0.15, 0.2) is 48.5 Å². The summed E-state index contributed by atoms with van der Waals surface area (Å²) in [6, 6.07) is 16.0. The van der Waals surface area contributed by atoms with Crippen molar-refractivity contribution in [3.63, 3.8) is 0 Å². The van der Waals surface area contributed by atoms with Gasteiger partial charge in [0, 0.05) is 25.0 Å². The Morgan fingerprint density at radius 3 is 2.26 bits per heavy atom. The van der Waals surface area contributed by atoms with Gasteiger partial charge >= 0.3 is 0 Å². The Morgan fingerprint density at radius 2 is 1.59 bits per heavy atom. The number of nitrogens with two attached hydrogens (primary N) is 2. The normalized spacial score (nSPS) is 12.4. The van der Waals surface area contributed by atoms with E-state index >= 15 is 0 Å². The molecule has 4 nitrogen and oxygen atoms in total. The van der Waals surface area contributed by atoms with Crippen LogP contribution in [0.2, 0.25) is 0 Å². The van der Waals surface area contributed by atoms with E-state index in [2.05, 4.69) is 35.7 Å². The van der Waals surface area contributed by atoms with Crippen LogP contribution in [0.4, 0.5) is 17.1 Å². The highest BCUT2D eigenvalue weighted by atomic mass is 16.3. The molecule has 0 heterocycles. The number of aromatic hydroxyl groups is 1. The third-order valence-corrected chi connectivity index (χ3v) is 5.21. The topological polar surface area (TPSA) is 75.5 Å².